The second kappa shape index (κ2) is 12.5. The van der Waals surface area contributed by atoms with Gasteiger partial charge in [0.05, 0.1) is 18.7 Å². The molecule has 0 bridgehead atoms. The number of methoxy groups -OCH3 is 1. The number of nitrogens with zero attached hydrogens (tertiary/aromatic N) is 2. The van der Waals surface area contributed by atoms with Crippen molar-refractivity contribution < 1.29 is 19.1 Å². The highest BCUT2D eigenvalue weighted by Gasteiger charge is 2.20. The molecule has 2 aromatic rings. The minimum atomic E-state index is -0.348. The Morgan fingerprint density at radius 3 is 2.55 bits per heavy atom. The van der Waals surface area contributed by atoms with Crippen molar-refractivity contribution in [2.24, 2.45) is 0 Å². The van der Waals surface area contributed by atoms with Gasteiger partial charge in [0.15, 0.2) is 5.13 Å². The van der Waals surface area contributed by atoms with Gasteiger partial charge in [0.25, 0.3) is 5.91 Å². The fourth-order valence-corrected chi connectivity index (χ4v) is 4.53. The summed E-state index contributed by atoms with van der Waals surface area (Å²) in [6, 6.07) is 7.49. The Labute approximate surface area is 198 Å². The Bertz CT molecular complexity index is 938. The molecular weight excluding hydrogens is 440 g/mol. The summed E-state index contributed by atoms with van der Waals surface area (Å²) in [5, 5.41) is 8.00. The number of amides is 3. The number of carbonyl (C=O) groups is 3. The van der Waals surface area contributed by atoms with E-state index >= 15 is 0 Å². The highest BCUT2D eigenvalue weighted by Crippen LogP contribution is 2.19. The zero-order chi connectivity index (χ0) is 23.6. The second-order valence-corrected chi connectivity index (χ2v) is 9.22. The molecule has 0 aliphatic heterocycles. The van der Waals surface area contributed by atoms with Crippen molar-refractivity contribution in [3.63, 3.8) is 0 Å². The minimum Gasteiger partial charge on any atom is -0.383 e. The van der Waals surface area contributed by atoms with Gasteiger partial charge in [0.1, 0.15) is 6.54 Å². The fourth-order valence-electron chi connectivity index (χ4n) is 3.80. The van der Waals surface area contributed by atoms with E-state index in [4.69, 9.17) is 4.74 Å². The van der Waals surface area contributed by atoms with Crippen molar-refractivity contribution in [2.45, 2.75) is 51.5 Å². The normalized spacial score (nSPS) is 14.0. The van der Waals surface area contributed by atoms with Crippen LogP contribution >= 0.6 is 11.3 Å². The number of benzene rings is 1. The summed E-state index contributed by atoms with van der Waals surface area (Å²) in [5.41, 5.74) is 2.19. The van der Waals surface area contributed by atoms with Crippen LogP contribution in [0.4, 0.5) is 5.13 Å². The van der Waals surface area contributed by atoms with Gasteiger partial charge in [-0.2, -0.15) is 0 Å². The van der Waals surface area contributed by atoms with Gasteiger partial charge in [-0.3, -0.25) is 14.4 Å². The molecule has 1 fully saturated rings. The quantitative estimate of drug-likeness (QED) is 0.553. The Balaban J connectivity index is 1.53. The minimum absolute atomic E-state index is 0.0421. The molecule has 9 heteroatoms. The van der Waals surface area contributed by atoms with Crippen LogP contribution in [0.2, 0.25) is 0 Å². The molecule has 178 valence electrons. The smallest absolute Gasteiger partial charge is 0.254 e. The molecule has 0 atom stereocenters. The highest BCUT2D eigenvalue weighted by molar-refractivity contribution is 7.13. The first-order chi connectivity index (χ1) is 15.9. The maximum Gasteiger partial charge on any atom is 0.254 e. The van der Waals surface area contributed by atoms with Crippen molar-refractivity contribution in [2.75, 3.05) is 32.1 Å². The number of nitrogens with one attached hydrogen (secondary N) is 2. The van der Waals surface area contributed by atoms with Crippen LogP contribution in [0.15, 0.2) is 29.6 Å². The molecule has 2 N–H and O–H groups in total. The molecule has 3 rings (SSSR count). The molecule has 1 aromatic carbocycles. The van der Waals surface area contributed by atoms with Gasteiger partial charge >= 0.3 is 0 Å². The van der Waals surface area contributed by atoms with E-state index in [0.717, 1.165) is 31.2 Å². The Hall–Kier alpha value is -2.78. The molecule has 3 amide bonds. The fraction of sp³-hybridized carbons (Fsp3) is 0.500. The summed E-state index contributed by atoms with van der Waals surface area (Å²) in [6.07, 6.45) is 5.81. The average molecular weight is 473 g/mol. The number of ether oxygens (including phenoxy) is 1. The lowest BCUT2D eigenvalue weighted by Gasteiger charge is -2.22. The van der Waals surface area contributed by atoms with Gasteiger partial charge < -0.3 is 20.3 Å². The number of aromatic nitrogens is 1. The average Bonchev–Trinajstić information content (AvgIpc) is 3.23. The highest BCUT2D eigenvalue weighted by atomic mass is 32.1. The first kappa shape index (κ1) is 24.9. The Morgan fingerprint density at radius 2 is 1.85 bits per heavy atom. The van der Waals surface area contributed by atoms with E-state index in [1.54, 1.807) is 24.6 Å². The number of hydrogen-bond acceptors (Lipinski definition) is 6. The third-order valence-electron chi connectivity index (χ3n) is 5.60. The maximum atomic E-state index is 12.9. The van der Waals surface area contributed by atoms with Gasteiger partial charge in [-0.15, -0.1) is 11.3 Å². The zero-order valence-corrected chi connectivity index (χ0v) is 20.1. The lowest BCUT2D eigenvalue weighted by atomic mass is 9.95. The molecule has 0 spiro atoms. The van der Waals surface area contributed by atoms with Gasteiger partial charge in [-0.1, -0.05) is 37.0 Å². The molecule has 0 unspecified atom stereocenters. The van der Waals surface area contributed by atoms with Crippen LogP contribution < -0.4 is 10.6 Å². The van der Waals surface area contributed by atoms with E-state index in [2.05, 4.69) is 15.6 Å². The lowest BCUT2D eigenvalue weighted by Crippen LogP contribution is -2.40. The Morgan fingerprint density at radius 1 is 1.12 bits per heavy atom. The zero-order valence-electron chi connectivity index (χ0n) is 19.3. The summed E-state index contributed by atoms with van der Waals surface area (Å²) in [6.45, 7) is 2.45. The molecule has 1 aromatic heterocycles. The van der Waals surface area contributed by atoms with Gasteiger partial charge in [0.2, 0.25) is 11.8 Å². The monoisotopic (exact) mass is 472 g/mol. The summed E-state index contributed by atoms with van der Waals surface area (Å²) < 4.78 is 5.10. The van der Waals surface area contributed by atoms with E-state index in [0.29, 0.717) is 29.5 Å². The van der Waals surface area contributed by atoms with Gasteiger partial charge in [-0.25, -0.2) is 4.98 Å². The largest absolute Gasteiger partial charge is 0.383 e. The predicted molar refractivity (Wildman–Crippen MR) is 128 cm³/mol. The van der Waals surface area contributed by atoms with Crippen LogP contribution in [0.1, 0.15) is 53.7 Å². The predicted octanol–water partition coefficient (Wildman–Crippen LogP) is 3.17. The summed E-state index contributed by atoms with van der Waals surface area (Å²) in [5.74, 6) is -0.625. The van der Waals surface area contributed by atoms with E-state index in [9.17, 15) is 14.4 Å². The first-order valence-electron chi connectivity index (χ1n) is 11.3. The third kappa shape index (κ3) is 7.94. The van der Waals surface area contributed by atoms with Crippen LogP contribution in [0, 0.1) is 6.92 Å². The topological polar surface area (TPSA) is 101 Å². The van der Waals surface area contributed by atoms with E-state index in [1.165, 1.54) is 22.7 Å². The molecule has 1 aliphatic rings. The van der Waals surface area contributed by atoms with E-state index < -0.39 is 0 Å². The molecular formula is C24H32N4O4S. The molecule has 0 saturated heterocycles. The molecule has 1 heterocycles. The van der Waals surface area contributed by atoms with Gasteiger partial charge in [0, 0.05) is 30.6 Å². The van der Waals surface area contributed by atoms with Crippen LogP contribution in [-0.4, -0.2) is 60.5 Å². The van der Waals surface area contributed by atoms with Crippen molar-refractivity contribution in [1.29, 1.82) is 0 Å². The molecule has 1 aliphatic carbocycles. The molecule has 0 radical (unpaired) electrons. The van der Waals surface area contributed by atoms with Crippen molar-refractivity contribution >= 4 is 34.2 Å². The van der Waals surface area contributed by atoms with Crippen molar-refractivity contribution in [3.8, 4) is 0 Å². The number of rotatable bonds is 10. The van der Waals surface area contributed by atoms with Crippen LogP contribution in [0.5, 0.6) is 0 Å². The maximum absolute atomic E-state index is 12.9. The van der Waals surface area contributed by atoms with Crippen LogP contribution in [0.3, 0.4) is 0 Å². The Kier molecular flexibility index (Phi) is 9.38. The number of anilines is 1. The number of thiazole rings is 1. The summed E-state index contributed by atoms with van der Waals surface area (Å²) in [7, 11) is 1.55. The summed E-state index contributed by atoms with van der Waals surface area (Å²) in [4.78, 5) is 43.6. The van der Waals surface area contributed by atoms with Gasteiger partial charge in [-0.05, 0) is 31.9 Å². The molecule has 33 heavy (non-hydrogen) atoms. The van der Waals surface area contributed by atoms with Crippen molar-refractivity contribution in [3.05, 3.63) is 46.5 Å². The van der Waals surface area contributed by atoms with Crippen LogP contribution in [0.25, 0.3) is 0 Å². The molecule has 8 nitrogen and oxygen atoms in total. The standard InChI is InChI=1S/C24H32N4O4S/c1-17-8-10-18(11-9-17)23(31)28(12-13-32-2)15-22(30)27-24-26-20(16-33-24)14-21(29)25-19-6-4-3-5-7-19/h8-11,16,19H,3-7,12-15H2,1-2H3,(H,25,29)(H,26,27,30). The molecule has 1 saturated carbocycles. The lowest BCUT2D eigenvalue weighted by molar-refractivity contribution is -0.121. The summed E-state index contributed by atoms with van der Waals surface area (Å²) >= 11 is 1.27. The number of aryl methyl sites for hydroxylation is 1. The van der Waals surface area contributed by atoms with E-state index in [-0.39, 0.29) is 36.7 Å². The second-order valence-electron chi connectivity index (χ2n) is 8.36. The van der Waals surface area contributed by atoms with Crippen molar-refractivity contribution in [1.82, 2.24) is 15.2 Å². The SMILES string of the molecule is COCCN(CC(=O)Nc1nc(CC(=O)NC2CCCCC2)cs1)C(=O)c1ccc(C)cc1. The first-order valence-corrected chi connectivity index (χ1v) is 12.2. The number of hydrogen-bond donors (Lipinski definition) is 2. The van der Waals surface area contributed by atoms with Crippen LogP contribution in [-0.2, 0) is 20.7 Å². The number of carbonyl (C=O) groups excluding carboxylic acids is 3. The third-order valence-corrected chi connectivity index (χ3v) is 6.40. The van der Waals surface area contributed by atoms with E-state index in [1.807, 2.05) is 19.1 Å².